The van der Waals surface area contributed by atoms with Crippen LogP contribution in [0.25, 0.3) is 0 Å². The van der Waals surface area contributed by atoms with Crippen molar-refractivity contribution in [2.75, 3.05) is 11.5 Å². The summed E-state index contributed by atoms with van der Waals surface area (Å²) < 4.78 is 36.2. The molecule has 1 unspecified atom stereocenters. The van der Waals surface area contributed by atoms with E-state index >= 15 is 0 Å². The second-order valence-electron chi connectivity index (χ2n) is 4.84. The third kappa shape index (κ3) is 2.90. The molecule has 4 nitrogen and oxygen atoms in total. The summed E-state index contributed by atoms with van der Waals surface area (Å²) in [4.78, 5) is 11.4. The number of benzene rings is 1. The molecule has 0 saturated carbocycles. The van der Waals surface area contributed by atoms with Crippen molar-refractivity contribution in [3.63, 3.8) is 0 Å². The number of carbonyl (C=O) groups is 1. The zero-order valence-electron chi connectivity index (χ0n) is 9.90. The van der Waals surface area contributed by atoms with Crippen LogP contribution in [0.1, 0.15) is 12.0 Å². The summed E-state index contributed by atoms with van der Waals surface area (Å²) in [5.41, 5.74) is -1.09. The number of carboxylic acids is 1. The Kier molecular flexibility index (Phi) is 3.57. The van der Waals surface area contributed by atoms with E-state index in [1.165, 1.54) is 12.1 Å². The molecule has 0 aromatic heterocycles. The first kappa shape index (κ1) is 14.3. The maximum atomic E-state index is 13.2. The van der Waals surface area contributed by atoms with Crippen LogP contribution in [-0.4, -0.2) is 31.0 Å². The van der Waals surface area contributed by atoms with Gasteiger partial charge in [-0.25, -0.2) is 12.8 Å². The number of hydrogen-bond donors (Lipinski definition) is 1. The molecule has 1 atom stereocenters. The van der Waals surface area contributed by atoms with Gasteiger partial charge in [-0.1, -0.05) is 11.6 Å². The number of carboxylic acid groups (broad SMARTS) is 1. The van der Waals surface area contributed by atoms with Gasteiger partial charge in [0.15, 0.2) is 9.84 Å². The van der Waals surface area contributed by atoms with Crippen molar-refractivity contribution in [1.82, 2.24) is 0 Å². The van der Waals surface area contributed by atoms with Crippen LogP contribution < -0.4 is 0 Å². The molecule has 1 N–H and O–H groups in total. The van der Waals surface area contributed by atoms with Crippen LogP contribution in [0.2, 0.25) is 5.02 Å². The predicted octanol–water partition coefficient (Wildman–Crippen LogP) is 1.91. The van der Waals surface area contributed by atoms with Gasteiger partial charge >= 0.3 is 5.97 Å². The van der Waals surface area contributed by atoms with Crippen LogP contribution in [0.4, 0.5) is 4.39 Å². The Balaban J connectivity index is 2.38. The van der Waals surface area contributed by atoms with Gasteiger partial charge < -0.3 is 5.11 Å². The lowest BCUT2D eigenvalue weighted by molar-refractivity contribution is -0.147. The molecule has 2 rings (SSSR count). The number of aliphatic carboxylic acids is 1. The van der Waals surface area contributed by atoms with Gasteiger partial charge in [0.05, 0.1) is 16.9 Å². The monoisotopic (exact) mass is 306 g/mol. The highest BCUT2D eigenvalue weighted by molar-refractivity contribution is 7.91. The standard InChI is InChI=1S/C12H12ClFO4S/c13-10-2-1-9(14)5-8(10)6-12(11(15)16)3-4-19(17,18)7-12/h1-2,5H,3-4,6-7H2,(H,15,16). The first-order chi connectivity index (χ1) is 8.74. The SMILES string of the molecule is O=C(O)C1(Cc2cc(F)ccc2Cl)CCS(=O)(=O)C1. The first-order valence-electron chi connectivity index (χ1n) is 5.62. The molecule has 1 aliphatic rings. The molecule has 19 heavy (non-hydrogen) atoms. The van der Waals surface area contributed by atoms with Crippen LogP contribution >= 0.6 is 11.6 Å². The Morgan fingerprint density at radius 3 is 2.68 bits per heavy atom. The molecule has 1 fully saturated rings. The largest absolute Gasteiger partial charge is 0.481 e. The number of rotatable bonds is 3. The van der Waals surface area contributed by atoms with Crippen LogP contribution in [0.3, 0.4) is 0 Å². The lowest BCUT2D eigenvalue weighted by Crippen LogP contribution is -2.34. The molecular weight excluding hydrogens is 295 g/mol. The van der Waals surface area contributed by atoms with Gasteiger partial charge in [-0.15, -0.1) is 0 Å². The topological polar surface area (TPSA) is 71.4 Å². The zero-order valence-corrected chi connectivity index (χ0v) is 11.5. The quantitative estimate of drug-likeness (QED) is 0.926. The highest BCUT2D eigenvalue weighted by atomic mass is 35.5. The molecule has 1 aliphatic heterocycles. The minimum atomic E-state index is -3.36. The van der Waals surface area contributed by atoms with E-state index in [1.807, 2.05) is 0 Å². The molecule has 1 aromatic carbocycles. The van der Waals surface area contributed by atoms with Crippen molar-refractivity contribution < 1.29 is 22.7 Å². The van der Waals surface area contributed by atoms with Gasteiger partial charge in [0.25, 0.3) is 0 Å². The summed E-state index contributed by atoms with van der Waals surface area (Å²) >= 11 is 5.90. The summed E-state index contributed by atoms with van der Waals surface area (Å²) in [6.07, 6.45) is -0.0599. The summed E-state index contributed by atoms with van der Waals surface area (Å²) in [6, 6.07) is 3.66. The fourth-order valence-corrected chi connectivity index (χ4v) is 4.59. The number of hydrogen-bond acceptors (Lipinski definition) is 3. The van der Waals surface area contributed by atoms with Gasteiger partial charge in [0.2, 0.25) is 0 Å². The summed E-state index contributed by atoms with van der Waals surface area (Å²) in [5.74, 6) is -2.30. The highest BCUT2D eigenvalue weighted by Crippen LogP contribution is 2.37. The minimum absolute atomic E-state index is 0.0253. The van der Waals surface area contributed by atoms with E-state index in [2.05, 4.69) is 0 Å². The molecular formula is C12H12ClFO4S. The van der Waals surface area contributed by atoms with Crippen LogP contribution in [0, 0.1) is 11.2 Å². The average Bonchev–Trinajstić information content (AvgIpc) is 2.61. The smallest absolute Gasteiger partial charge is 0.311 e. The third-order valence-electron chi connectivity index (χ3n) is 3.38. The van der Waals surface area contributed by atoms with Gasteiger partial charge in [-0.2, -0.15) is 0 Å². The van der Waals surface area contributed by atoms with Gasteiger partial charge in [0.1, 0.15) is 5.82 Å². The third-order valence-corrected chi connectivity index (χ3v) is 5.57. The molecule has 104 valence electrons. The lowest BCUT2D eigenvalue weighted by atomic mass is 9.81. The fourth-order valence-electron chi connectivity index (χ4n) is 2.34. The molecule has 0 radical (unpaired) electrons. The summed E-state index contributed by atoms with van der Waals surface area (Å²) in [6.45, 7) is 0. The molecule has 1 heterocycles. The van der Waals surface area contributed by atoms with Crippen molar-refractivity contribution in [2.24, 2.45) is 5.41 Å². The van der Waals surface area contributed by atoms with Crippen molar-refractivity contribution in [1.29, 1.82) is 0 Å². The molecule has 0 aliphatic carbocycles. The summed E-state index contributed by atoms with van der Waals surface area (Å²) in [7, 11) is -3.36. The van der Waals surface area contributed by atoms with E-state index in [-0.39, 0.29) is 23.6 Å². The molecule has 1 aromatic rings. The molecule has 0 spiro atoms. The van der Waals surface area contributed by atoms with E-state index in [4.69, 9.17) is 11.6 Å². The van der Waals surface area contributed by atoms with Crippen LogP contribution in [-0.2, 0) is 21.1 Å². The van der Waals surface area contributed by atoms with Crippen molar-refractivity contribution in [2.45, 2.75) is 12.8 Å². The van der Waals surface area contributed by atoms with Crippen molar-refractivity contribution in [3.05, 3.63) is 34.6 Å². The Hall–Kier alpha value is -1.14. The highest BCUT2D eigenvalue weighted by Gasteiger charge is 2.48. The maximum absolute atomic E-state index is 13.2. The van der Waals surface area contributed by atoms with E-state index in [0.717, 1.165) is 6.07 Å². The summed E-state index contributed by atoms with van der Waals surface area (Å²) in [5, 5.41) is 9.56. The number of halogens is 2. The molecule has 0 bridgehead atoms. The Labute approximate surface area is 115 Å². The van der Waals surface area contributed by atoms with E-state index in [0.29, 0.717) is 5.56 Å². The molecule has 0 amide bonds. The second kappa shape index (κ2) is 4.76. The molecule has 1 saturated heterocycles. The number of sulfone groups is 1. The Bertz CT molecular complexity index is 629. The zero-order chi connectivity index (χ0) is 14.3. The second-order valence-corrected chi connectivity index (χ2v) is 7.43. The van der Waals surface area contributed by atoms with Crippen LogP contribution in [0.5, 0.6) is 0 Å². The Morgan fingerprint density at radius 2 is 2.16 bits per heavy atom. The average molecular weight is 307 g/mol. The van der Waals surface area contributed by atoms with Gasteiger partial charge in [-0.3, -0.25) is 4.79 Å². The lowest BCUT2D eigenvalue weighted by Gasteiger charge is -2.22. The Morgan fingerprint density at radius 1 is 1.47 bits per heavy atom. The van der Waals surface area contributed by atoms with Gasteiger partial charge in [-0.05, 0) is 36.6 Å². The molecule has 7 heteroatoms. The van der Waals surface area contributed by atoms with E-state index in [9.17, 15) is 22.7 Å². The predicted molar refractivity (Wildman–Crippen MR) is 68.5 cm³/mol. The minimum Gasteiger partial charge on any atom is -0.481 e. The van der Waals surface area contributed by atoms with E-state index in [1.54, 1.807) is 0 Å². The first-order valence-corrected chi connectivity index (χ1v) is 7.82. The maximum Gasteiger partial charge on any atom is 0.311 e. The fraction of sp³-hybridized carbons (Fsp3) is 0.417. The van der Waals surface area contributed by atoms with Crippen molar-refractivity contribution >= 4 is 27.4 Å². The normalized spacial score (nSPS) is 25.4. The van der Waals surface area contributed by atoms with Crippen LogP contribution in [0.15, 0.2) is 18.2 Å². The van der Waals surface area contributed by atoms with E-state index < -0.39 is 32.8 Å². The van der Waals surface area contributed by atoms with Crippen molar-refractivity contribution in [3.8, 4) is 0 Å². The van der Waals surface area contributed by atoms with Gasteiger partial charge in [0, 0.05) is 5.02 Å².